The van der Waals surface area contributed by atoms with Crippen LogP contribution in [0, 0.1) is 5.92 Å². The first-order valence-electron chi connectivity index (χ1n) is 8.00. The molecule has 0 radical (unpaired) electrons. The van der Waals surface area contributed by atoms with Crippen molar-refractivity contribution in [1.82, 2.24) is 10.2 Å². The van der Waals surface area contributed by atoms with Gasteiger partial charge in [0.05, 0.1) is 12.5 Å². The summed E-state index contributed by atoms with van der Waals surface area (Å²) in [6, 6.07) is 8.23. The van der Waals surface area contributed by atoms with Crippen LogP contribution in [-0.4, -0.2) is 43.6 Å². The van der Waals surface area contributed by atoms with E-state index >= 15 is 0 Å². The fourth-order valence-corrected chi connectivity index (χ4v) is 2.97. The summed E-state index contributed by atoms with van der Waals surface area (Å²) in [5.74, 6) is 0.843. The number of ether oxygens (including phenoxy) is 1. The van der Waals surface area contributed by atoms with Crippen LogP contribution in [0.5, 0.6) is 0 Å². The Morgan fingerprint density at radius 2 is 1.96 bits per heavy atom. The first kappa shape index (κ1) is 21.2. The van der Waals surface area contributed by atoms with Crippen LogP contribution in [-0.2, 0) is 16.1 Å². The molecule has 0 bridgehead atoms. The molecule has 1 aromatic carbocycles. The summed E-state index contributed by atoms with van der Waals surface area (Å²) in [4.78, 5) is 18.4. The van der Waals surface area contributed by atoms with Gasteiger partial charge in [-0.2, -0.15) is 0 Å². The van der Waals surface area contributed by atoms with E-state index < -0.39 is 0 Å². The minimum atomic E-state index is -0.0649. The van der Waals surface area contributed by atoms with Crippen molar-refractivity contribution in [1.29, 1.82) is 0 Å². The Morgan fingerprint density at radius 3 is 2.50 bits per heavy atom. The van der Waals surface area contributed by atoms with Crippen LogP contribution in [0.3, 0.4) is 0 Å². The number of guanidine groups is 1. The Kier molecular flexibility index (Phi) is 9.65. The molecule has 1 N–H and O–H groups in total. The van der Waals surface area contributed by atoms with Gasteiger partial charge in [-0.05, 0) is 37.5 Å². The number of hydrogen-bond donors (Lipinski definition) is 1. The molecule has 1 fully saturated rings. The normalized spacial score (nSPS) is 15.6. The van der Waals surface area contributed by atoms with Gasteiger partial charge in [-0.15, -0.1) is 24.0 Å². The molecule has 7 heteroatoms. The number of carbonyl (C=O) groups is 1. The van der Waals surface area contributed by atoms with E-state index in [1.807, 2.05) is 19.1 Å². The summed E-state index contributed by atoms with van der Waals surface area (Å²) in [5, 5.41) is 3.39. The molecule has 134 valence electrons. The van der Waals surface area contributed by atoms with Gasteiger partial charge in [0.15, 0.2) is 5.96 Å². The number of piperidine rings is 1. The van der Waals surface area contributed by atoms with Gasteiger partial charge in [0.25, 0.3) is 0 Å². The van der Waals surface area contributed by atoms with E-state index in [2.05, 4.69) is 43.3 Å². The number of nitrogens with one attached hydrogen (secondary N) is 1. The van der Waals surface area contributed by atoms with Crippen LogP contribution in [0.4, 0.5) is 0 Å². The molecule has 1 aliphatic heterocycles. The smallest absolute Gasteiger partial charge is 0.309 e. The average Bonchev–Trinajstić information content (AvgIpc) is 2.58. The number of esters is 1. The quantitative estimate of drug-likeness (QED) is 0.292. The maximum Gasteiger partial charge on any atom is 0.309 e. The molecule has 2 rings (SSSR count). The van der Waals surface area contributed by atoms with Gasteiger partial charge in [-0.1, -0.05) is 28.1 Å². The number of nitrogens with zero attached hydrogens (tertiary/aromatic N) is 2. The van der Waals surface area contributed by atoms with E-state index in [1.54, 1.807) is 7.05 Å². The van der Waals surface area contributed by atoms with Gasteiger partial charge in [0.2, 0.25) is 0 Å². The Bertz CT molecular complexity index is 543. The van der Waals surface area contributed by atoms with Crippen molar-refractivity contribution in [2.75, 3.05) is 26.7 Å². The van der Waals surface area contributed by atoms with Crippen molar-refractivity contribution in [3.8, 4) is 0 Å². The Morgan fingerprint density at radius 1 is 1.33 bits per heavy atom. The number of rotatable bonds is 4. The molecule has 5 nitrogen and oxygen atoms in total. The number of halogens is 2. The largest absolute Gasteiger partial charge is 0.466 e. The minimum Gasteiger partial charge on any atom is -0.466 e. The first-order valence-corrected chi connectivity index (χ1v) is 8.80. The van der Waals surface area contributed by atoms with Crippen LogP contribution in [0.25, 0.3) is 0 Å². The van der Waals surface area contributed by atoms with E-state index in [0.717, 1.165) is 42.9 Å². The Balaban J connectivity index is 0.00000288. The molecule has 0 aliphatic carbocycles. The van der Waals surface area contributed by atoms with E-state index in [1.165, 1.54) is 5.56 Å². The minimum absolute atomic E-state index is 0. The summed E-state index contributed by atoms with van der Waals surface area (Å²) < 4.78 is 6.19. The molecule has 0 aromatic heterocycles. The molecule has 1 aromatic rings. The lowest BCUT2D eigenvalue weighted by Crippen LogP contribution is -2.46. The standard InChI is InChI=1S/C17H24BrN3O2.HI/c1-3-23-16(22)14-8-10-21(11-9-14)17(19-2)20-12-13-4-6-15(18)7-5-13;/h4-7,14H,3,8-12H2,1-2H3,(H,19,20);1H. The molecule has 0 atom stereocenters. The van der Waals surface area contributed by atoms with Crippen LogP contribution < -0.4 is 5.32 Å². The van der Waals surface area contributed by atoms with Crippen molar-refractivity contribution >= 4 is 51.8 Å². The molecule has 0 unspecified atom stereocenters. The molecule has 0 saturated carbocycles. The van der Waals surface area contributed by atoms with Crippen LogP contribution >= 0.6 is 39.9 Å². The van der Waals surface area contributed by atoms with Gasteiger partial charge < -0.3 is 15.0 Å². The molecule has 0 amide bonds. The summed E-state index contributed by atoms with van der Waals surface area (Å²) in [5.41, 5.74) is 1.20. The lowest BCUT2D eigenvalue weighted by atomic mass is 9.97. The van der Waals surface area contributed by atoms with Crippen molar-refractivity contribution in [3.05, 3.63) is 34.3 Å². The molecule has 24 heavy (non-hydrogen) atoms. The van der Waals surface area contributed by atoms with Crippen molar-refractivity contribution in [2.45, 2.75) is 26.3 Å². The van der Waals surface area contributed by atoms with Gasteiger partial charge >= 0.3 is 5.97 Å². The van der Waals surface area contributed by atoms with E-state index in [0.29, 0.717) is 6.61 Å². The van der Waals surface area contributed by atoms with E-state index in [-0.39, 0.29) is 35.9 Å². The molecule has 1 aliphatic rings. The summed E-state index contributed by atoms with van der Waals surface area (Å²) in [6.07, 6.45) is 1.63. The fraction of sp³-hybridized carbons (Fsp3) is 0.529. The zero-order chi connectivity index (χ0) is 16.7. The molecule has 1 saturated heterocycles. The highest BCUT2D eigenvalue weighted by Gasteiger charge is 2.27. The third-order valence-corrected chi connectivity index (χ3v) is 4.52. The van der Waals surface area contributed by atoms with Crippen LogP contribution in [0.15, 0.2) is 33.7 Å². The lowest BCUT2D eigenvalue weighted by molar-refractivity contribution is -0.149. The third kappa shape index (κ3) is 6.23. The zero-order valence-corrected chi connectivity index (χ0v) is 18.0. The van der Waals surface area contributed by atoms with Crippen LogP contribution in [0.1, 0.15) is 25.3 Å². The first-order chi connectivity index (χ1) is 11.1. The van der Waals surface area contributed by atoms with Gasteiger partial charge in [0.1, 0.15) is 0 Å². The lowest BCUT2D eigenvalue weighted by Gasteiger charge is -2.33. The van der Waals surface area contributed by atoms with Gasteiger partial charge in [-0.3, -0.25) is 9.79 Å². The number of benzene rings is 1. The van der Waals surface area contributed by atoms with Crippen molar-refractivity contribution < 1.29 is 9.53 Å². The Labute approximate surface area is 169 Å². The fourth-order valence-electron chi connectivity index (χ4n) is 2.70. The molecule has 0 spiro atoms. The summed E-state index contributed by atoms with van der Waals surface area (Å²) in [6.45, 7) is 4.68. The SMILES string of the molecule is CCOC(=O)C1CCN(C(=NC)NCc2ccc(Br)cc2)CC1.I. The monoisotopic (exact) mass is 509 g/mol. The van der Waals surface area contributed by atoms with E-state index in [4.69, 9.17) is 4.74 Å². The average molecular weight is 510 g/mol. The maximum atomic E-state index is 11.8. The maximum absolute atomic E-state index is 11.8. The predicted molar refractivity (Wildman–Crippen MR) is 111 cm³/mol. The highest BCUT2D eigenvalue weighted by Crippen LogP contribution is 2.19. The van der Waals surface area contributed by atoms with E-state index in [9.17, 15) is 4.79 Å². The summed E-state index contributed by atoms with van der Waals surface area (Å²) in [7, 11) is 1.79. The second-order valence-electron chi connectivity index (χ2n) is 5.54. The Hall–Kier alpha value is -0.830. The molecule has 1 heterocycles. The number of carbonyl (C=O) groups excluding carboxylic acids is 1. The zero-order valence-electron chi connectivity index (χ0n) is 14.1. The summed E-state index contributed by atoms with van der Waals surface area (Å²) >= 11 is 3.44. The second kappa shape index (κ2) is 10.9. The number of hydrogen-bond acceptors (Lipinski definition) is 3. The predicted octanol–water partition coefficient (Wildman–Crippen LogP) is 3.42. The molecular weight excluding hydrogens is 485 g/mol. The second-order valence-corrected chi connectivity index (χ2v) is 6.46. The highest BCUT2D eigenvalue weighted by atomic mass is 127. The highest BCUT2D eigenvalue weighted by molar-refractivity contribution is 14.0. The topological polar surface area (TPSA) is 53.9 Å². The molecular formula is C17H25BrIN3O2. The van der Waals surface area contributed by atoms with Crippen LogP contribution in [0.2, 0.25) is 0 Å². The van der Waals surface area contributed by atoms with Crippen molar-refractivity contribution in [3.63, 3.8) is 0 Å². The number of aliphatic imine (C=N–C) groups is 1. The third-order valence-electron chi connectivity index (χ3n) is 3.99. The van der Waals surface area contributed by atoms with Gasteiger partial charge in [0, 0.05) is 31.2 Å². The van der Waals surface area contributed by atoms with Crippen molar-refractivity contribution in [2.24, 2.45) is 10.9 Å². The number of likely N-dealkylation sites (tertiary alicyclic amines) is 1. The van der Waals surface area contributed by atoms with Gasteiger partial charge in [-0.25, -0.2) is 0 Å².